The van der Waals surface area contributed by atoms with Crippen molar-refractivity contribution in [2.45, 2.75) is 40.7 Å². The number of amides is 1. The Labute approximate surface area is 125 Å². The average molecular weight is 293 g/mol. The van der Waals surface area contributed by atoms with Crippen LogP contribution in [0.3, 0.4) is 0 Å². The highest BCUT2D eigenvalue weighted by molar-refractivity contribution is 5.84. The Bertz CT molecular complexity index is 511. The minimum atomic E-state index is -1.05. The summed E-state index contributed by atoms with van der Waals surface area (Å²) in [6.45, 7) is 8.97. The van der Waals surface area contributed by atoms with Gasteiger partial charge in [-0.3, -0.25) is 4.79 Å². The Morgan fingerprint density at radius 2 is 1.71 bits per heavy atom. The number of hydrogen-bond acceptors (Lipinski definition) is 3. The summed E-state index contributed by atoms with van der Waals surface area (Å²) in [5.41, 5.74) is 1.52. The van der Waals surface area contributed by atoms with Gasteiger partial charge in [-0.1, -0.05) is 26.8 Å². The van der Waals surface area contributed by atoms with E-state index in [0.717, 1.165) is 11.1 Å². The van der Waals surface area contributed by atoms with Crippen LogP contribution >= 0.6 is 0 Å². The molecule has 0 aliphatic rings. The zero-order valence-electron chi connectivity index (χ0n) is 13.2. The highest BCUT2D eigenvalue weighted by atomic mass is 16.5. The van der Waals surface area contributed by atoms with Gasteiger partial charge in [0.1, 0.15) is 11.8 Å². The number of carboxylic acids is 1. The number of hydrogen-bond donors (Lipinski definition) is 2. The van der Waals surface area contributed by atoms with Crippen LogP contribution in [-0.4, -0.2) is 29.6 Å². The van der Waals surface area contributed by atoms with Gasteiger partial charge in [0, 0.05) is 0 Å². The molecule has 1 aromatic carbocycles. The Morgan fingerprint density at radius 1 is 1.19 bits per heavy atom. The van der Waals surface area contributed by atoms with Gasteiger partial charge in [0.25, 0.3) is 5.91 Å². The molecule has 21 heavy (non-hydrogen) atoms. The molecule has 5 nitrogen and oxygen atoms in total. The lowest BCUT2D eigenvalue weighted by Crippen LogP contribution is -2.50. The van der Waals surface area contributed by atoms with Crippen LogP contribution in [0.4, 0.5) is 0 Å². The zero-order valence-corrected chi connectivity index (χ0v) is 13.2. The van der Waals surface area contributed by atoms with Crippen molar-refractivity contribution in [1.29, 1.82) is 0 Å². The maximum Gasteiger partial charge on any atom is 0.326 e. The van der Waals surface area contributed by atoms with Crippen LogP contribution < -0.4 is 10.1 Å². The van der Waals surface area contributed by atoms with Gasteiger partial charge in [0.15, 0.2) is 6.61 Å². The maximum absolute atomic E-state index is 11.8. The van der Waals surface area contributed by atoms with Gasteiger partial charge in [0.05, 0.1) is 0 Å². The molecular formula is C16H23NO4. The number of nitrogens with one attached hydrogen (secondary N) is 1. The number of carbonyl (C=O) groups excluding carboxylic acids is 1. The van der Waals surface area contributed by atoms with E-state index in [9.17, 15) is 9.59 Å². The summed E-state index contributed by atoms with van der Waals surface area (Å²) in [4.78, 5) is 23.0. The molecule has 1 aromatic rings. The molecule has 0 unspecified atom stereocenters. The monoisotopic (exact) mass is 293 g/mol. The fourth-order valence-corrected chi connectivity index (χ4v) is 2.02. The lowest BCUT2D eigenvalue weighted by molar-refractivity contribution is -0.145. The summed E-state index contributed by atoms with van der Waals surface area (Å²) in [7, 11) is 0. The normalized spacial score (nSPS) is 12.6. The number of rotatable bonds is 5. The quantitative estimate of drug-likeness (QED) is 0.873. The van der Waals surface area contributed by atoms with Crippen molar-refractivity contribution in [3.05, 3.63) is 29.3 Å². The predicted octanol–water partition coefficient (Wildman–Crippen LogP) is 2.30. The standard InChI is InChI=1S/C16H23NO4/c1-10-6-11(2)8-12(7-10)21-9-13(18)17-14(15(19)20)16(3,4)5/h6-8,14H,9H2,1-5H3,(H,17,18)(H,19,20)/t14-/m1/s1. The van der Waals surface area contributed by atoms with E-state index in [1.807, 2.05) is 32.0 Å². The van der Waals surface area contributed by atoms with Crippen LogP contribution in [0.5, 0.6) is 5.75 Å². The molecule has 1 rings (SSSR count). The lowest BCUT2D eigenvalue weighted by Gasteiger charge is -2.27. The Balaban J connectivity index is 2.63. The van der Waals surface area contributed by atoms with E-state index in [2.05, 4.69) is 5.32 Å². The summed E-state index contributed by atoms with van der Waals surface area (Å²) in [6.07, 6.45) is 0. The molecule has 0 saturated carbocycles. The minimum absolute atomic E-state index is 0.206. The second-order valence-electron chi connectivity index (χ2n) is 6.32. The number of carboxylic acid groups (broad SMARTS) is 1. The van der Waals surface area contributed by atoms with Crippen molar-refractivity contribution < 1.29 is 19.4 Å². The molecule has 0 bridgehead atoms. The van der Waals surface area contributed by atoms with Crippen molar-refractivity contribution in [2.24, 2.45) is 5.41 Å². The van der Waals surface area contributed by atoms with Crippen molar-refractivity contribution in [3.63, 3.8) is 0 Å². The molecule has 0 aliphatic heterocycles. The molecule has 0 saturated heterocycles. The third-order valence-electron chi connectivity index (χ3n) is 2.98. The molecule has 0 aliphatic carbocycles. The fraction of sp³-hybridized carbons (Fsp3) is 0.500. The molecular weight excluding hydrogens is 270 g/mol. The van der Waals surface area contributed by atoms with Crippen molar-refractivity contribution in [1.82, 2.24) is 5.32 Å². The van der Waals surface area contributed by atoms with Crippen LogP contribution in [-0.2, 0) is 9.59 Å². The second-order valence-corrected chi connectivity index (χ2v) is 6.32. The molecule has 0 fully saturated rings. The first-order valence-corrected chi connectivity index (χ1v) is 6.83. The van der Waals surface area contributed by atoms with Gasteiger partial charge in [-0.2, -0.15) is 0 Å². The molecule has 0 radical (unpaired) electrons. The molecule has 0 heterocycles. The van der Waals surface area contributed by atoms with Crippen LogP contribution in [0.15, 0.2) is 18.2 Å². The van der Waals surface area contributed by atoms with Crippen molar-refractivity contribution in [3.8, 4) is 5.75 Å². The molecule has 1 atom stereocenters. The van der Waals surface area contributed by atoms with E-state index in [4.69, 9.17) is 9.84 Å². The van der Waals surface area contributed by atoms with Gasteiger partial charge in [-0.15, -0.1) is 0 Å². The van der Waals surface area contributed by atoms with Crippen LogP contribution in [0.1, 0.15) is 31.9 Å². The van der Waals surface area contributed by atoms with Crippen molar-refractivity contribution in [2.75, 3.05) is 6.61 Å². The third-order valence-corrected chi connectivity index (χ3v) is 2.98. The topological polar surface area (TPSA) is 75.6 Å². The SMILES string of the molecule is Cc1cc(C)cc(OCC(=O)N[C@H](C(=O)O)C(C)(C)C)c1. The van der Waals surface area contributed by atoms with E-state index in [1.54, 1.807) is 20.8 Å². The molecule has 0 aromatic heterocycles. The van der Waals surface area contributed by atoms with Gasteiger partial charge in [-0.25, -0.2) is 4.79 Å². The fourth-order valence-electron chi connectivity index (χ4n) is 2.02. The van der Waals surface area contributed by atoms with E-state index in [0.29, 0.717) is 5.75 Å². The van der Waals surface area contributed by atoms with Gasteiger partial charge >= 0.3 is 5.97 Å². The van der Waals surface area contributed by atoms with Gasteiger partial charge in [-0.05, 0) is 42.5 Å². The number of aryl methyl sites for hydroxylation is 2. The summed E-state index contributed by atoms with van der Waals surface area (Å²) in [5, 5.41) is 11.7. The molecule has 116 valence electrons. The highest BCUT2D eigenvalue weighted by Gasteiger charge is 2.32. The molecule has 1 amide bonds. The maximum atomic E-state index is 11.8. The predicted molar refractivity (Wildman–Crippen MR) is 80.4 cm³/mol. The first kappa shape index (κ1) is 17.0. The number of ether oxygens (including phenoxy) is 1. The summed E-state index contributed by atoms with van der Waals surface area (Å²) < 4.78 is 5.42. The van der Waals surface area contributed by atoms with Crippen LogP contribution in [0.2, 0.25) is 0 Å². The number of benzene rings is 1. The van der Waals surface area contributed by atoms with E-state index in [-0.39, 0.29) is 6.61 Å². The lowest BCUT2D eigenvalue weighted by atomic mass is 9.87. The number of carbonyl (C=O) groups is 2. The average Bonchev–Trinajstić information content (AvgIpc) is 2.30. The summed E-state index contributed by atoms with van der Waals surface area (Å²) in [6, 6.07) is 4.72. The van der Waals surface area contributed by atoms with Gasteiger partial charge in [0.2, 0.25) is 0 Å². The molecule has 2 N–H and O–H groups in total. The third kappa shape index (κ3) is 5.45. The highest BCUT2D eigenvalue weighted by Crippen LogP contribution is 2.19. The zero-order chi connectivity index (χ0) is 16.2. The Kier molecular flexibility index (Phi) is 5.35. The van der Waals surface area contributed by atoms with E-state index < -0.39 is 23.3 Å². The molecule has 0 spiro atoms. The first-order chi connectivity index (χ1) is 9.59. The Hall–Kier alpha value is -2.04. The van der Waals surface area contributed by atoms with Crippen molar-refractivity contribution >= 4 is 11.9 Å². The van der Waals surface area contributed by atoms with E-state index >= 15 is 0 Å². The second kappa shape index (κ2) is 6.61. The summed E-state index contributed by atoms with van der Waals surface area (Å²) in [5.74, 6) is -0.899. The van der Waals surface area contributed by atoms with Crippen LogP contribution in [0.25, 0.3) is 0 Å². The largest absolute Gasteiger partial charge is 0.484 e. The summed E-state index contributed by atoms with van der Waals surface area (Å²) >= 11 is 0. The Morgan fingerprint density at radius 3 is 2.14 bits per heavy atom. The van der Waals surface area contributed by atoms with E-state index in [1.165, 1.54) is 0 Å². The first-order valence-electron chi connectivity index (χ1n) is 6.83. The smallest absolute Gasteiger partial charge is 0.326 e. The van der Waals surface area contributed by atoms with Crippen LogP contribution in [0, 0.1) is 19.3 Å². The molecule has 5 heteroatoms. The minimum Gasteiger partial charge on any atom is -0.484 e. The van der Waals surface area contributed by atoms with Gasteiger partial charge < -0.3 is 15.2 Å². The number of aliphatic carboxylic acids is 1.